The number of rotatable bonds is 2. The lowest BCUT2D eigenvalue weighted by molar-refractivity contribution is -0.137. The number of hydrogen-bond acceptors (Lipinski definition) is 2. The molecule has 0 unspecified atom stereocenters. The molecule has 2 aromatic rings. The lowest BCUT2D eigenvalue weighted by Crippen LogP contribution is -2.05. The Hall–Kier alpha value is -1.27. The van der Waals surface area contributed by atoms with Crippen LogP contribution in [0.3, 0.4) is 0 Å². The zero-order chi connectivity index (χ0) is 13.3. The highest BCUT2D eigenvalue weighted by molar-refractivity contribution is 6.32. The molecule has 18 heavy (non-hydrogen) atoms. The van der Waals surface area contributed by atoms with Crippen molar-refractivity contribution >= 4 is 23.2 Å². The van der Waals surface area contributed by atoms with Crippen molar-refractivity contribution in [1.82, 2.24) is 14.8 Å². The molecule has 0 radical (unpaired) electrons. The summed E-state index contributed by atoms with van der Waals surface area (Å²) in [7, 11) is 0. The molecule has 0 bridgehead atoms. The Bertz CT molecular complexity index is 566. The van der Waals surface area contributed by atoms with E-state index in [4.69, 9.17) is 23.2 Å². The molecular formula is C10H6Cl2F3N3. The molecule has 0 aliphatic rings. The van der Waals surface area contributed by atoms with Gasteiger partial charge in [0.15, 0.2) is 0 Å². The standard InChI is InChI=1S/C10H6Cl2F3N3/c11-7-1-2-9(12)17-8(7)5-18-4-6(3-16-18)10(13,14)15/h1-4H,5H2. The minimum Gasteiger partial charge on any atom is -0.266 e. The normalized spacial score (nSPS) is 11.8. The SMILES string of the molecule is FC(F)(F)c1cnn(Cc2nc(Cl)ccc2Cl)c1. The molecule has 0 N–H and O–H groups in total. The van der Waals surface area contributed by atoms with Crippen LogP contribution in [0, 0.1) is 0 Å². The highest BCUT2D eigenvalue weighted by atomic mass is 35.5. The van der Waals surface area contributed by atoms with Gasteiger partial charge in [0, 0.05) is 6.20 Å². The molecule has 0 atom stereocenters. The largest absolute Gasteiger partial charge is 0.419 e. The van der Waals surface area contributed by atoms with Gasteiger partial charge < -0.3 is 0 Å². The molecule has 0 spiro atoms. The summed E-state index contributed by atoms with van der Waals surface area (Å²) in [6.07, 6.45) is -2.78. The third kappa shape index (κ3) is 2.94. The van der Waals surface area contributed by atoms with Crippen LogP contribution >= 0.6 is 23.2 Å². The Morgan fingerprint density at radius 2 is 1.94 bits per heavy atom. The molecule has 2 rings (SSSR count). The molecule has 96 valence electrons. The summed E-state index contributed by atoms with van der Waals surface area (Å²) in [6.45, 7) is 0.0233. The first kappa shape index (κ1) is 13.2. The maximum absolute atomic E-state index is 12.4. The summed E-state index contributed by atoms with van der Waals surface area (Å²) >= 11 is 11.5. The molecule has 0 aliphatic carbocycles. The summed E-state index contributed by atoms with van der Waals surface area (Å²) < 4.78 is 38.2. The predicted molar refractivity (Wildman–Crippen MR) is 60.6 cm³/mol. The van der Waals surface area contributed by atoms with E-state index in [1.165, 1.54) is 12.1 Å². The molecule has 2 heterocycles. The van der Waals surface area contributed by atoms with Crippen molar-refractivity contribution in [2.75, 3.05) is 0 Å². The van der Waals surface area contributed by atoms with Crippen LogP contribution in [0.15, 0.2) is 24.5 Å². The summed E-state index contributed by atoms with van der Waals surface area (Å²) in [4.78, 5) is 3.93. The zero-order valence-electron chi connectivity index (χ0n) is 8.75. The topological polar surface area (TPSA) is 30.7 Å². The van der Waals surface area contributed by atoms with Crippen molar-refractivity contribution in [3.8, 4) is 0 Å². The highest BCUT2D eigenvalue weighted by Crippen LogP contribution is 2.28. The molecule has 8 heteroatoms. The quantitative estimate of drug-likeness (QED) is 0.792. The van der Waals surface area contributed by atoms with Gasteiger partial charge in [-0.15, -0.1) is 0 Å². The molecule has 2 aromatic heterocycles. The van der Waals surface area contributed by atoms with E-state index < -0.39 is 11.7 Å². The van der Waals surface area contributed by atoms with Crippen LogP contribution < -0.4 is 0 Å². The molecule has 0 aliphatic heterocycles. The van der Waals surface area contributed by atoms with Crippen molar-refractivity contribution < 1.29 is 13.2 Å². The maximum atomic E-state index is 12.4. The fraction of sp³-hybridized carbons (Fsp3) is 0.200. The first-order chi connectivity index (χ1) is 8.36. The van der Waals surface area contributed by atoms with Crippen LogP contribution in [0.4, 0.5) is 13.2 Å². The smallest absolute Gasteiger partial charge is 0.266 e. The molecule has 0 saturated heterocycles. The molecule has 0 aromatic carbocycles. The molecule has 0 fully saturated rings. The van der Waals surface area contributed by atoms with Gasteiger partial charge in [-0.2, -0.15) is 18.3 Å². The zero-order valence-corrected chi connectivity index (χ0v) is 10.3. The molecular weight excluding hydrogens is 290 g/mol. The van der Waals surface area contributed by atoms with E-state index in [1.54, 1.807) is 0 Å². The van der Waals surface area contributed by atoms with Crippen LogP contribution in [0.2, 0.25) is 10.2 Å². The van der Waals surface area contributed by atoms with E-state index in [9.17, 15) is 13.2 Å². The number of alkyl halides is 3. The highest BCUT2D eigenvalue weighted by Gasteiger charge is 2.32. The summed E-state index contributed by atoms with van der Waals surface area (Å²) in [5.74, 6) is 0. The van der Waals surface area contributed by atoms with Gasteiger partial charge >= 0.3 is 6.18 Å². The van der Waals surface area contributed by atoms with E-state index in [2.05, 4.69) is 10.1 Å². The van der Waals surface area contributed by atoms with Gasteiger partial charge in [0.25, 0.3) is 0 Å². The van der Waals surface area contributed by atoms with E-state index >= 15 is 0 Å². The lowest BCUT2D eigenvalue weighted by atomic mass is 10.3. The Morgan fingerprint density at radius 3 is 2.56 bits per heavy atom. The third-order valence-corrected chi connectivity index (χ3v) is 2.71. The second-order valence-corrected chi connectivity index (χ2v) is 4.28. The van der Waals surface area contributed by atoms with Gasteiger partial charge in [0.1, 0.15) is 5.15 Å². The van der Waals surface area contributed by atoms with Gasteiger partial charge in [-0.25, -0.2) is 4.98 Å². The van der Waals surface area contributed by atoms with Crippen molar-refractivity contribution in [3.63, 3.8) is 0 Å². The van der Waals surface area contributed by atoms with E-state index in [0.717, 1.165) is 17.1 Å². The molecule has 0 saturated carbocycles. The second kappa shape index (κ2) is 4.78. The summed E-state index contributed by atoms with van der Waals surface area (Å²) in [5.41, 5.74) is -0.457. The van der Waals surface area contributed by atoms with Crippen molar-refractivity contribution in [2.45, 2.75) is 12.7 Å². The lowest BCUT2D eigenvalue weighted by Gasteiger charge is -2.04. The Morgan fingerprint density at radius 1 is 1.22 bits per heavy atom. The van der Waals surface area contributed by atoms with Crippen molar-refractivity contribution in [3.05, 3.63) is 46.0 Å². The molecule has 3 nitrogen and oxygen atoms in total. The summed E-state index contributed by atoms with van der Waals surface area (Å²) in [5, 5.41) is 4.15. The van der Waals surface area contributed by atoms with Crippen LogP contribution in [0.1, 0.15) is 11.3 Å². The van der Waals surface area contributed by atoms with Gasteiger partial charge in [0.2, 0.25) is 0 Å². The number of hydrogen-bond donors (Lipinski definition) is 0. The Labute approximate surface area is 110 Å². The second-order valence-electron chi connectivity index (χ2n) is 3.49. The number of aromatic nitrogens is 3. The fourth-order valence-corrected chi connectivity index (χ4v) is 1.65. The average molecular weight is 296 g/mol. The van der Waals surface area contributed by atoms with Crippen molar-refractivity contribution in [2.24, 2.45) is 0 Å². The van der Waals surface area contributed by atoms with E-state index in [1.807, 2.05) is 0 Å². The van der Waals surface area contributed by atoms with Crippen LogP contribution in [-0.2, 0) is 12.7 Å². The maximum Gasteiger partial charge on any atom is 0.419 e. The van der Waals surface area contributed by atoms with E-state index in [0.29, 0.717) is 10.7 Å². The van der Waals surface area contributed by atoms with Crippen LogP contribution in [0.25, 0.3) is 0 Å². The summed E-state index contributed by atoms with van der Waals surface area (Å²) in [6, 6.07) is 3.03. The number of nitrogens with zero attached hydrogens (tertiary/aromatic N) is 3. The van der Waals surface area contributed by atoms with Crippen LogP contribution in [0.5, 0.6) is 0 Å². The Balaban J connectivity index is 2.24. The monoisotopic (exact) mass is 295 g/mol. The molecule has 0 amide bonds. The van der Waals surface area contributed by atoms with E-state index in [-0.39, 0.29) is 11.7 Å². The average Bonchev–Trinajstić information content (AvgIpc) is 2.71. The predicted octanol–water partition coefficient (Wildman–Crippen LogP) is 3.65. The van der Waals surface area contributed by atoms with Gasteiger partial charge in [-0.3, -0.25) is 4.68 Å². The minimum atomic E-state index is -4.41. The Kier molecular flexibility index (Phi) is 3.49. The third-order valence-electron chi connectivity index (χ3n) is 2.16. The first-order valence-corrected chi connectivity index (χ1v) is 5.52. The van der Waals surface area contributed by atoms with Gasteiger partial charge in [-0.1, -0.05) is 23.2 Å². The number of pyridine rings is 1. The number of halogens is 5. The first-order valence-electron chi connectivity index (χ1n) is 4.77. The van der Waals surface area contributed by atoms with Crippen LogP contribution in [-0.4, -0.2) is 14.8 Å². The fourth-order valence-electron chi connectivity index (χ4n) is 1.32. The van der Waals surface area contributed by atoms with Crippen molar-refractivity contribution in [1.29, 1.82) is 0 Å². The minimum absolute atomic E-state index is 0.0233. The van der Waals surface area contributed by atoms with Gasteiger partial charge in [0.05, 0.1) is 29.0 Å². The van der Waals surface area contributed by atoms with Gasteiger partial charge in [-0.05, 0) is 12.1 Å².